The molecule has 2 aromatic rings. The fourth-order valence-corrected chi connectivity index (χ4v) is 3.02. The van der Waals surface area contributed by atoms with Crippen LogP contribution in [0.1, 0.15) is 23.5 Å². The monoisotopic (exact) mass is 295 g/mol. The lowest BCUT2D eigenvalue weighted by Crippen LogP contribution is -2.14. The van der Waals surface area contributed by atoms with Crippen molar-refractivity contribution in [2.75, 3.05) is 24.3 Å². The normalized spacial score (nSPS) is 12.3. The third-order valence-corrected chi connectivity index (χ3v) is 4.34. The lowest BCUT2D eigenvalue weighted by Gasteiger charge is -2.22. The summed E-state index contributed by atoms with van der Waals surface area (Å²) >= 11 is 7.77. The van der Waals surface area contributed by atoms with Gasteiger partial charge in [-0.05, 0) is 32.0 Å². The minimum Gasteiger partial charge on any atom is -0.376 e. The van der Waals surface area contributed by atoms with Crippen molar-refractivity contribution in [3.63, 3.8) is 0 Å². The minimum absolute atomic E-state index is 0.213. The number of hydrogen-bond donors (Lipinski definition) is 1. The van der Waals surface area contributed by atoms with Gasteiger partial charge in [-0.25, -0.2) is 4.98 Å². The molecule has 0 saturated carbocycles. The van der Waals surface area contributed by atoms with Gasteiger partial charge in [0, 0.05) is 24.0 Å². The second-order valence-electron chi connectivity index (χ2n) is 4.72. The maximum atomic E-state index is 6.09. The first kappa shape index (κ1) is 14.2. The van der Waals surface area contributed by atoms with Crippen molar-refractivity contribution in [1.29, 1.82) is 0 Å². The Kier molecular flexibility index (Phi) is 4.32. The Morgan fingerprint density at radius 1 is 1.37 bits per heavy atom. The van der Waals surface area contributed by atoms with Gasteiger partial charge < -0.3 is 10.2 Å². The van der Waals surface area contributed by atoms with E-state index in [9.17, 15) is 0 Å². The molecule has 0 saturated heterocycles. The number of rotatable bonds is 4. The Morgan fingerprint density at radius 3 is 2.68 bits per heavy atom. The van der Waals surface area contributed by atoms with E-state index in [-0.39, 0.29) is 6.04 Å². The van der Waals surface area contributed by atoms with Crippen LogP contribution in [0.5, 0.6) is 0 Å². The van der Waals surface area contributed by atoms with Crippen LogP contribution in [0.4, 0.5) is 11.4 Å². The molecule has 102 valence electrons. The summed E-state index contributed by atoms with van der Waals surface area (Å²) in [6.07, 6.45) is 0. The molecule has 3 nitrogen and oxygen atoms in total. The third-order valence-electron chi connectivity index (χ3n) is 2.99. The van der Waals surface area contributed by atoms with Gasteiger partial charge in [-0.1, -0.05) is 11.6 Å². The number of nitrogens with one attached hydrogen (secondary N) is 1. The van der Waals surface area contributed by atoms with Crippen LogP contribution in [0.3, 0.4) is 0 Å². The Balaban J connectivity index is 2.28. The van der Waals surface area contributed by atoms with E-state index in [2.05, 4.69) is 22.1 Å². The number of aryl methyl sites for hydroxylation is 1. The number of thiazole rings is 1. The van der Waals surface area contributed by atoms with Gasteiger partial charge in [-0.3, -0.25) is 0 Å². The summed E-state index contributed by atoms with van der Waals surface area (Å²) in [6, 6.07) is 6.11. The third kappa shape index (κ3) is 3.19. The molecular weight excluding hydrogens is 278 g/mol. The second-order valence-corrected chi connectivity index (χ2v) is 6.05. The van der Waals surface area contributed by atoms with Crippen LogP contribution in [0, 0.1) is 6.92 Å². The maximum Gasteiger partial charge on any atom is 0.0798 e. The van der Waals surface area contributed by atoms with Gasteiger partial charge in [-0.15, -0.1) is 11.3 Å². The van der Waals surface area contributed by atoms with E-state index in [1.54, 1.807) is 11.3 Å². The summed E-state index contributed by atoms with van der Waals surface area (Å²) in [5, 5.41) is 4.26. The first-order valence-corrected chi connectivity index (χ1v) is 7.38. The zero-order chi connectivity index (χ0) is 14.0. The lowest BCUT2D eigenvalue weighted by atomic mass is 10.2. The van der Waals surface area contributed by atoms with Gasteiger partial charge in [-0.2, -0.15) is 0 Å². The summed E-state index contributed by atoms with van der Waals surface area (Å²) in [7, 11) is 4.05. The van der Waals surface area contributed by atoms with Crippen LogP contribution in [-0.2, 0) is 0 Å². The van der Waals surface area contributed by atoms with Crippen LogP contribution in [0.25, 0.3) is 0 Å². The highest BCUT2D eigenvalue weighted by Gasteiger charge is 2.13. The first-order valence-electron chi connectivity index (χ1n) is 6.12. The number of hydrogen-bond acceptors (Lipinski definition) is 4. The molecule has 0 bridgehead atoms. The van der Waals surface area contributed by atoms with E-state index in [0.717, 1.165) is 22.1 Å². The molecule has 0 fully saturated rings. The SMILES string of the molecule is Cc1ncsc1C(C)Nc1cc(Cl)ccc1N(C)C. The van der Waals surface area contributed by atoms with Gasteiger partial charge >= 0.3 is 0 Å². The lowest BCUT2D eigenvalue weighted by molar-refractivity contribution is 0.888. The molecule has 1 atom stereocenters. The molecule has 5 heteroatoms. The molecule has 0 amide bonds. The maximum absolute atomic E-state index is 6.09. The molecule has 0 spiro atoms. The average molecular weight is 296 g/mol. The Bertz CT molecular complexity index is 566. The molecule has 0 aliphatic rings. The van der Waals surface area contributed by atoms with Crippen molar-refractivity contribution >= 4 is 34.3 Å². The summed E-state index contributed by atoms with van der Waals surface area (Å²) in [5.41, 5.74) is 5.13. The molecule has 19 heavy (non-hydrogen) atoms. The molecular formula is C14H18ClN3S. The van der Waals surface area contributed by atoms with Crippen molar-refractivity contribution in [3.8, 4) is 0 Å². The highest BCUT2D eigenvalue weighted by atomic mass is 35.5. The summed E-state index contributed by atoms with van der Waals surface area (Å²) in [5.74, 6) is 0. The van der Waals surface area contributed by atoms with Crippen LogP contribution >= 0.6 is 22.9 Å². The van der Waals surface area contributed by atoms with E-state index >= 15 is 0 Å². The highest BCUT2D eigenvalue weighted by Crippen LogP contribution is 2.32. The fourth-order valence-electron chi connectivity index (χ4n) is 2.04. The summed E-state index contributed by atoms with van der Waals surface area (Å²) < 4.78 is 0. The highest BCUT2D eigenvalue weighted by molar-refractivity contribution is 7.09. The van der Waals surface area contributed by atoms with E-state index in [4.69, 9.17) is 11.6 Å². The van der Waals surface area contributed by atoms with E-state index < -0.39 is 0 Å². The molecule has 0 radical (unpaired) electrons. The van der Waals surface area contributed by atoms with Gasteiger partial charge in [0.05, 0.1) is 28.6 Å². The topological polar surface area (TPSA) is 28.2 Å². The molecule has 1 heterocycles. The van der Waals surface area contributed by atoms with E-state index in [1.165, 1.54) is 4.88 Å². The minimum atomic E-state index is 0.213. The number of halogens is 1. The van der Waals surface area contributed by atoms with Crippen molar-refractivity contribution in [2.45, 2.75) is 19.9 Å². The first-order chi connectivity index (χ1) is 8.99. The average Bonchev–Trinajstić information content (AvgIpc) is 2.75. The smallest absolute Gasteiger partial charge is 0.0798 e. The van der Waals surface area contributed by atoms with Gasteiger partial charge in [0.1, 0.15) is 0 Å². The summed E-state index contributed by atoms with van der Waals surface area (Å²) in [6.45, 7) is 4.18. The van der Waals surface area contributed by atoms with E-state index in [1.807, 2.05) is 44.7 Å². The zero-order valence-corrected chi connectivity index (χ0v) is 13.1. The number of benzene rings is 1. The Morgan fingerprint density at radius 2 is 2.11 bits per heavy atom. The number of aromatic nitrogens is 1. The molecule has 2 rings (SSSR count). The molecule has 0 aliphatic carbocycles. The van der Waals surface area contributed by atoms with Gasteiger partial charge in [0.2, 0.25) is 0 Å². The van der Waals surface area contributed by atoms with Gasteiger partial charge in [0.25, 0.3) is 0 Å². The molecule has 1 aromatic carbocycles. The number of nitrogens with zero attached hydrogens (tertiary/aromatic N) is 2. The predicted octanol–water partition coefficient (Wildman–Crippen LogP) is 4.34. The van der Waals surface area contributed by atoms with Crippen molar-refractivity contribution in [1.82, 2.24) is 4.98 Å². The second kappa shape index (κ2) is 5.80. The molecule has 0 aliphatic heterocycles. The van der Waals surface area contributed by atoms with Crippen LogP contribution in [0.2, 0.25) is 5.02 Å². The zero-order valence-electron chi connectivity index (χ0n) is 11.6. The Hall–Kier alpha value is -1.26. The molecule has 1 unspecified atom stereocenters. The Labute approximate surface area is 123 Å². The van der Waals surface area contributed by atoms with Crippen LogP contribution in [-0.4, -0.2) is 19.1 Å². The standard InChI is InChI=1S/C14H18ClN3S/c1-9-14(19-8-16-9)10(2)17-12-7-11(15)5-6-13(12)18(3)4/h5-8,10,17H,1-4H3. The molecule has 1 aromatic heterocycles. The van der Waals surface area contributed by atoms with Gasteiger partial charge in [0.15, 0.2) is 0 Å². The van der Waals surface area contributed by atoms with Crippen LogP contribution in [0.15, 0.2) is 23.7 Å². The van der Waals surface area contributed by atoms with Crippen molar-refractivity contribution in [3.05, 3.63) is 39.3 Å². The molecule has 1 N–H and O–H groups in total. The largest absolute Gasteiger partial charge is 0.376 e. The van der Waals surface area contributed by atoms with Crippen molar-refractivity contribution in [2.24, 2.45) is 0 Å². The fraction of sp³-hybridized carbons (Fsp3) is 0.357. The predicted molar refractivity (Wildman–Crippen MR) is 84.7 cm³/mol. The van der Waals surface area contributed by atoms with E-state index in [0.29, 0.717) is 0 Å². The van der Waals surface area contributed by atoms with Crippen molar-refractivity contribution < 1.29 is 0 Å². The number of anilines is 2. The van der Waals surface area contributed by atoms with Crippen LogP contribution < -0.4 is 10.2 Å². The quantitative estimate of drug-likeness (QED) is 0.909. The summed E-state index contributed by atoms with van der Waals surface area (Å²) in [4.78, 5) is 7.63.